The Morgan fingerprint density at radius 3 is 2.17 bits per heavy atom. The van der Waals surface area contributed by atoms with E-state index in [4.69, 9.17) is 18.9 Å². The fraction of sp³-hybridized carbons (Fsp3) is 0.529. The summed E-state index contributed by atoms with van der Waals surface area (Å²) in [5.41, 5.74) is 0.643. The molecule has 0 heterocycles. The van der Waals surface area contributed by atoms with Crippen LogP contribution >= 0.6 is 0 Å². The third kappa shape index (κ3) is 4.53. The predicted molar refractivity (Wildman–Crippen MR) is 86.5 cm³/mol. The van der Waals surface area contributed by atoms with Gasteiger partial charge in [-0.2, -0.15) is 0 Å². The molecule has 0 bridgehead atoms. The Kier molecular flexibility index (Phi) is 5.89. The molecule has 1 N–H and O–H groups in total. The van der Waals surface area contributed by atoms with Crippen molar-refractivity contribution in [1.29, 1.82) is 0 Å². The van der Waals surface area contributed by atoms with Crippen LogP contribution in [0.4, 0.5) is 0 Å². The first-order valence-corrected chi connectivity index (χ1v) is 7.77. The number of amides is 1. The Bertz CT molecular complexity index is 586. The molecule has 1 aliphatic carbocycles. The average Bonchev–Trinajstić information content (AvgIpc) is 3.37. The average molecular weight is 337 g/mol. The minimum absolute atomic E-state index is 0.00222. The van der Waals surface area contributed by atoms with Crippen LogP contribution in [0.5, 0.6) is 17.2 Å². The maximum atomic E-state index is 12.1. The van der Waals surface area contributed by atoms with Crippen molar-refractivity contribution in [2.75, 3.05) is 21.3 Å². The number of hydrogen-bond acceptors (Lipinski definition) is 6. The smallest absolute Gasteiger partial charge is 0.311 e. The second kappa shape index (κ2) is 7.90. The number of carbonyl (C=O) groups excluding carboxylic acids is 2. The van der Waals surface area contributed by atoms with Crippen LogP contribution in [0.1, 0.15) is 25.3 Å². The van der Waals surface area contributed by atoms with Gasteiger partial charge in [-0.1, -0.05) is 0 Å². The van der Waals surface area contributed by atoms with Gasteiger partial charge in [-0.25, -0.2) is 0 Å². The van der Waals surface area contributed by atoms with Gasteiger partial charge in [0.2, 0.25) is 5.75 Å². The first-order valence-electron chi connectivity index (χ1n) is 7.77. The summed E-state index contributed by atoms with van der Waals surface area (Å²) in [6.07, 6.45) is 1.15. The topological polar surface area (TPSA) is 83.1 Å². The van der Waals surface area contributed by atoms with Gasteiger partial charge in [-0.3, -0.25) is 9.59 Å². The van der Waals surface area contributed by atoms with Crippen LogP contribution in [0.3, 0.4) is 0 Å². The highest BCUT2D eigenvalue weighted by atomic mass is 16.5. The molecular formula is C17H23NO6. The van der Waals surface area contributed by atoms with Crippen molar-refractivity contribution in [2.45, 2.75) is 38.3 Å². The zero-order valence-electron chi connectivity index (χ0n) is 14.4. The SMILES string of the molecule is COc1cc(CC(=O)O[C@H](C)C(=O)NC2CC2)cc(OC)c1OC. The van der Waals surface area contributed by atoms with Gasteiger partial charge in [-0.05, 0) is 37.5 Å². The molecule has 1 saturated carbocycles. The lowest BCUT2D eigenvalue weighted by Crippen LogP contribution is -2.37. The van der Waals surface area contributed by atoms with Crippen LogP contribution < -0.4 is 19.5 Å². The Labute approximate surface area is 141 Å². The third-order valence-corrected chi connectivity index (χ3v) is 3.67. The fourth-order valence-corrected chi connectivity index (χ4v) is 2.24. The molecule has 24 heavy (non-hydrogen) atoms. The second-order valence-corrected chi connectivity index (χ2v) is 5.63. The molecule has 1 aromatic rings. The molecule has 1 aromatic carbocycles. The highest BCUT2D eigenvalue weighted by Gasteiger charge is 2.27. The van der Waals surface area contributed by atoms with Crippen molar-refractivity contribution in [3.05, 3.63) is 17.7 Å². The number of carbonyl (C=O) groups is 2. The lowest BCUT2D eigenvalue weighted by Gasteiger charge is -2.15. The van der Waals surface area contributed by atoms with Gasteiger partial charge >= 0.3 is 5.97 Å². The molecular weight excluding hydrogens is 314 g/mol. The van der Waals surface area contributed by atoms with Gasteiger partial charge in [-0.15, -0.1) is 0 Å². The quantitative estimate of drug-likeness (QED) is 0.723. The molecule has 1 amide bonds. The zero-order chi connectivity index (χ0) is 17.7. The van der Waals surface area contributed by atoms with Crippen LogP contribution in [-0.2, 0) is 20.7 Å². The van der Waals surface area contributed by atoms with E-state index in [-0.39, 0.29) is 18.4 Å². The molecule has 0 saturated heterocycles. The van der Waals surface area contributed by atoms with Crippen molar-refractivity contribution in [3.8, 4) is 17.2 Å². The third-order valence-electron chi connectivity index (χ3n) is 3.67. The van der Waals surface area contributed by atoms with E-state index < -0.39 is 12.1 Å². The van der Waals surface area contributed by atoms with Crippen LogP contribution in [-0.4, -0.2) is 45.4 Å². The Balaban J connectivity index is 2.01. The van der Waals surface area contributed by atoms with Crippen LogP contribution in [0.2, 0.25) is 0 Å². The number of methoxy groups -OCH3 is 3. The number of hydrogen-bond donors (Lipinski definition) is 1. The summed E-state index contributed by atoms with van der Waals surface area (Å²) in [5, 5.41) is 2.80. The summed E-state index contributed by atoms with van der Waals surface area (Å²) in [6, 6.07) is 3.59. The number of nitrogens with one attached hydrogen (secondary N) is 1. The summed E-state index contributed by atoms with van der Waals surface area (Å²) in [7, 11) is 4.52. The second-order valence-electron chi connectivity index (χ2n) is 5.63. The molecule has 1 aliphatic rings. The lowest BCUT2D eigenvalue weighted by molar-refractivity contribution is -0.154. The summed E-state index contributed by atoms with van der Waals surface area (Å²) >= 11 is 0. The fourth-order valence-electron chi connectivity index (χ4n) is 2.24. The minimum atomic E-state index is -0.819. The van der Waals surface area contributed by atoms with Gasteiger partial charge < -0.3 is 24.3 Å². The number of benzene rings is 1. The highest BCUT2D eigenvalue weighted by Crippen LogP contribution is 2.38. The van der Waals surface area contributed by atoms with Crippen molar-refractivity contribution in [1.82, 2.24) is 5.32 Å². The largest absolute Gasteiger partial charge is 0.493 e. The first kappa shape index (κ1) is 17.9. The highest BCUT2D eigenvalue weighted by molar-refractivity contribution is 5.84. The molecule has 1 atom stereocenters. The van der Waals surface area contributed by atoms with Crippen molar-refractivity contribution in [2.24, 2.45) is 0 Å². The van der Waals surface area contributed by atoms with E-state index in [2.05, 4.69) is 5.32 Å². The Morgan fingerprint density at radius 2 is 1.71 bits per heavy atom. The predicted octanol–water partition coefficient (Wildman–Crippen LogP) is 1.47. The molecule has 0 unspecified atom stereocenters. The molecule has 0 aliphatic heterocycles. The molecule has 0 aromatic heterocycles. The Hall–Kier alpha value is -2.44. The lowest BCUT2D eigenvalue weighted by atomic mass is 10.1. The number of ether oxygens (including phenoxy) is 4. The van der Waals surface area contributed by atoms with Gasteiger partial charge in [0.1, 0.15) is 0 Å². The summed E-state index contributed by atoms with van der Waals surface area (Å²) in [6.45, 7) is 1.56. The van der Waals surface area contributed by atoms with Crippen molar-refractivity contribution in [3.63, 3.8) is 0 Å². The monoisotopic (exact) mass is 337 g/mol. The van der Waals surface area contributed by atoms with Gasteiger partial charge in [0.25, 0.3) is 5.91 Å². The van der Waals surface area contributed by atoms with E-state index in [0.29, 0.717) is 22.8 Å². The van der Waals surface area contributed by atoms with Gasteiger partial charge in [0.05, 0.1) is 27.8 Å². The van der Waals surface area contributed by atoms with Gasteiger partial charge in [0.15, 0.2) is 17.6 Å². The van der Waals surface area contributed by atoms with Gasteiger partial charge in [0, 0.05) is 6.04 Å². The summed E-state index contributed by atoms with van der Waals surface area (Å²) < 4.78 is 20.9. The zero-order valence-corrected chi connectivity index (χ0v) is 14.4. The van der Waals surface area contributed by atoms with Crippen LogP contribution in [0.25, 0.3) is 0 Å². The normalized spacial score (nSPS) is 14.5. The van der Waals surface area contributed by atoms with Crippen LogP contribution in [0.15, 0.2) is 12.1 Å². The molecule has 2 rings (SSSR count). The van der Waals surface area contributed by atoms with E-state index in [1.807, 2.05) is 0 Å². The maximum Gasteiger partial charge on any atom is 0.311 e. The van der Waals surface area contributed by atoms with E-state index >= 15 is 0 Å². The number of rotatable bonds is 8. The first-order chi connectivity index (χ1) is 11.5. The standard InChI is InChI=1S/C17H23NO6/c1-10(17(20)18-12-5-6-12)24-15(19)9-11-7-13(21-2)16(23-4)14(8-11)22-3/h7-8,10,12H,5-6,9H2,1-4H3,(H,18,20)/t10-/m1/s1. The maximum absolute atomic E-state index is 12.1. The van der Waals surface area contributed by atoms with Crippen molar-refractivity contribution >= 4 is 11.9 Å². The molecule has 1 fully saturated rings. The molecule has 0 spiro atoms. The van der Waals surface area contributed by atoms with E-state index in [0.717, 1.165) is 12.8 Å². The van der Waals surface area contributed by atoms with E-state index in [1.54, 1.807) is 19.1 Å². The number of esters is 1. The van der Waals surface area contributed by atoms with Crippen LogP contribution in [0, 0.1) is 0 Å². The van der Waals surface area contributed by atoms with Crippen molar-refractivity contribution < 1.29 is 28.5 Å². The molecule has 7 nitrogen and oxygen atoms in total. The molecule has 0 radical (unpaired) electrons. The van der Waals surface area contributed by atoms with E-state index in [1.165, 1.54) is 21.3 Å². The molecule has 132 valence electrons. The van der Waals surface area contributed by atoms with E-state index in [9.17, 15) is 9.59 Å². The molecule has 7 heteroatoms. The Morgan fingerprint density at radius 1 is 1.12 bits per heavy atom. The summed E-state index contributed by atoms with van der Waals surface area (Å²) in [4.78, 5) is 23.9. The summed E-state index contributed by atoms with van der Waals surface area (Å²) in [5.74, 6) is 0.603. The minimum Gasteiger partial charge on any atom is -0.493 e.